The van der Waals surface area contributed by atoms with Gasteiger partial charge in [0.1, 0.15) is 0 Å². The van der Waals surface area contributed by atoms with Crippen LogP contribution < -0.4 is 5.73 Å². The molecule has 1 fully saturated rings. The fraction of sp³-hybridized carbons (Fsp3) is 0.667. The second kappa shape index (κ2) is 6.29. The topological polar surface area (TPSA) is 38.5 Å². The average molecular weight is 319 g/mol. The first-order valence-electron chi connectivity index (χ1n) is 5.95. The molecule has 0 saturated carbocycles. The molecular weight excluding hydrogens is 300 g/mol. The molecule has 1 aliphatic rings. The van der Waals surface area contributed by atoms with Crippen molar-refractivity contribution in [3.8, 4) is 0 Å². The predicted octanol–water partition coefficient (Wildman–Crippen LogP) is 2.62. The van der Waals surface area contributed by atoms with Gasteiger partial charge in [-0.2, -0.15) is 0 Å². The lowest BCUT2D eigenvalue weighted by Crippen LogP contribution is -2.46. The molecule has 0 amide bonds. The van der Waals surface area contributed by atoms with E-state index >= 15 is 0 Å². The molecule has 0 bridgehead atoms. The van der Waals surface area contributed by atoms with Gasteiger partial charge in [-0.1, -0.05) is 0 Å². The van der Waals surface area contributed by atoms with Crippen LogP contribution in [0.1, 0.15) is 23.8 Å². The van der Waals surface area contributed by atoms with Crippen LogP contribution in [0.3, 0.4) is 0 Å². The van der Waals surface area contributed by atoms with E-state index in [9.17, 15) is 0 Å². The number of thiophene rings is 1. The second-order valence-corrected chi connectivity index (χ2v) is 6.21. The molecule has 1 aromatic rings. The second-order valence-electron chi connectivity index (χ2n) is 4.41. The lowest BCUT2D eigenvalue weighted by molar-refractivity contribution is 0.0861. The third-order valence-electron chi connectivity index (χ3n) is 3.28. The van der Waals surface area contributed by atoms with Gasteiger partial charge in [0.15, 0.2) is 0 Å². The number of methoxy groups -OCH3 is 1. The molecule has 2 unspecified atom stereocenters. The third-order valence-corrected chi connectivity index (χ3v) is 5.22. The van der Waals surface area contributed by atoms with E-state index in [1.807, 2.05) is 0 Å². The standard InChI is InChI=1S/C12H19BrN2OS/c1-16-7-6-15-5-2-3-10(14)11(15)12-9(13)4-8-17-12/h4,8,10-11H,2-3,5-7,14H2,1H3. The molecular formula is C12H19BrN2OS. The summed E-state index contributed by atoms with van der Waals surface area (Å²) in [7, 11) is 1.75. The molecule has 2 atom stereocenters. The minimum Gasteiger partial charge on any atom is -0.383 e. The molecule has 1 aromatic heterocycles. The predicted molar refractivity (Wildman–Crippen MR) is 75.4 cm³/mol. The Morgan fingerprint density at radius 3 is 3.12 bits per heavy atom. The fourth-order valence-electron chi connectivity index (χ4n) is 2.43. The van der Waals surface area contributed by atoms with Crippen molar-refractivity contribution < 1.29 is 4.74 Å². The summed E-state index contributed by atoms with van der Waals surface area (Å²) in [4.78, 5) is 3.81. The molecule has 5 heteroatoms. The maximum Gasteiger partial charge on any atom is 0.0605 e. The van der Waals surface area contributed by atoms with E-state index in [1.165, 1.54) is 15.8 Å². The van der Waals surface area contributed by atoms with Crippen molar-refractivity contribution in [2.24, 2.45) is 5.73 Å². The molecule has 96 valence electrons. The van der Waals surface area contributed by atoms with E-state index in [-0.39, 0.29) is 6.04 Å². The highest BCUT2D eigenvalue weighted by molar-refractivity contribution is 9.10. The van der Waals surface area contributed by atoms with Gasteiger partial charge in [-0.25, -0.2) is 0 Å². The van der Waals surface area contributed by atoms with Gasteiger partial charge < -0.3 is 10.5 Å². The van der Waals surface area contributed by atoms with Crippen LogP contribution in [0.4, 0.5) is 0 Å². The van der Waals surface area contributed by atoms with Crippen molar-refractivity contribution >= 4 is 27.3 Å². The molecule has 0 spiro atoms. The number of piperidine rings is 1. The van der Waals surface area contributed by atoms with Crippen LogP contribution in [0, 0.1) is 0 Å². The maximum atomic E-state index is 6.30. The largest absolute Gasteiger partial charge is 0.383 e. The lowest BCUT2D eigenvalue weighted by Gasteiger charge is -2.39. The highest BCUT2D eigenvalue weighted by atomic mass is 79.9. The number of halogens is 1. The van der Waals surface area contributed by atoms with Crippen molar-refractivity contribution in [3.63, 3.8) is 0 Å². The van der Waals surface area contributed by atoms with Gasteiger partial charge >= 0.3 is 0 Å². The van der Waals surface area contributed by atoms with E-state index in [0.717, 1.165) is 26.1 Å². The zero-order chi connectivity index (χ0) is 12.3. The molecule has 2 heterocycles. The average Bonchev–Trinajstić information content (AvgIpc) is 2.73. The first-order valence-corrected chi connectivity index (χ1v) is 7.62. The van der Waals surface area contributed by atoms with Gasteiger partial charge in [0.25, 0.3) is 0 Å². The zero-order valence-electron chi connectivity index (χ0n) is 10.1. The summed E-state index contributed by atoms with van der Waals surface area (Å²) in [5.74, 6) is 0. The minimum absolute atomic E-state index is 0.232. The van der Waals surface area contributed by atoms with Gasteiger partial charge in [-0.3, -0.25) is 4.90 Å². The summed E-state index contributed by atoms with van der Waals surface area (Å²) < 4.78 is 6.37. The van der Waals surface area contributed by atoms with Gasteiger partial charge in [-0.05, 0) is 46.8 Å². The van der Waals surface area contributed by atoms with Gasteiger partial charge in [0, 0.05) is 29.0 Å². The number of rotatable bonds is 4. The third kappa shape index (κ3) is 3.09. The van der Waals surface area contributed by atoms with Crippen LogP contribution >= 0.6 is 27.3 Å². The minimum atomic E-state index is 0.232. The highest BCUT2D eigenvalue weighted by Gasteiger charge is 2.31. The van der Waals surface area contributed by atoms with Crippen molar-refractivity contribution in [2.45, 2.75) is 24.9 Å². The number of ether oxygens (including phenoxy) is 1. The Hall–Kier alpha value is 0.0600. The highest BCUT2D eigenvalue weighted by Crippen LogP contribution is 2.37. The molecule has 0 aliphatic carbocycles. The van der Waals surface area contributed by atoms with Crippen molar-refractivity contribution in [1.82, 2.24) is 4.90 Å². The van der Waals surface area contributed by atoms with E-state index in [1.54, 1.807) is 18.4 Å². The first-order chi connectivity index (χ1) is 8.24. The number of nitrogens with two attached hydrogens (primary N) is 1. The number of hydrogen-bond acceptors (Lipinski definition) is 4. The number of likely N-dealkylation sites (tertiary alicyclic amines) is 1. The van der Waals surface area contributed by atoms with Crippen LogP contribution in [0.25, 0.3) is 0 Å². The zero-order valence-corrected chi connectivity index (χ0v) is 12.5. The summed E-state index contributed by atoms with van der Waals surface area (Å²) >= 11 is 5.41. The Bertz CT molecular complexity index is 358. The Labute approximate surface area is 115 Å². The summed E-state index contributed by atoms with van der Waals surface area (Å²) in [6.07, 6.45) is 2.29. The van der Waals surface area contributed by atoms with Crippen molar-refractivity contribution in [3.05, 3.63) is 20.8 Å². The van der Waals surface area contributed by atoms with Crippen LogP contribution in [0.2, 0.25) is 0 Å². The quantitative estimate of drug-likeness (QED) is 0.927. The summed E-state index contributed by atoms with van der Waals surface area (Å²) in [6.45, 7) is 2.84. The Kier molecular flexibility index (Phi) is 4.99. The molecule has 1 aliphatic heterocycles. The smallest absolute Gasteiger partial charge is 0.0605 e. The summed E-state index contributed by atoms with van der Waals surface area (Å²) in [6, 6.07) is 2.68. The maximum absolute atomic E-state index is 6.30. The molecule has 17 heavy (non-hydrogen) atoms. The molecule has 2 rings (SSSR count). The van der Waals surface area contributed by atoms with E-state index < -0.39 is 0 Å². The molecule has 2 N–H and O–H groups in total. The SMILES string of the molecule is COCCN1CCCC(N)C1c1sccc1Br. The normalized spacial score (nSPS) is 26.3. The summed E-state index contributed by atoms with van der Waals surface area (Å²) in [5, 5.41) is 2.12. The fourth-order valence-corrected chi connectivity index (χ4v) is 4.25. The van der Waals surface area contributed by atoms with E-state index in [4.69, 9.17) is 10.5 Å². The summed E-state index contributed by atoms with van der Waals surface area (Å²) in [5.41, 5.74) is 6.30. The Morgan fingerprint density at radius 1 is 1.65 bits per heavy atom. The Morgan fingerprint density at radius 2 is 2.47 bits per heavy atom. The van der Waals surface area contributed by atoms with Crippen molar-refractivity contribution in [2.75, 3.05) is 26.8 Å². The van der Waals surface area contributed by atoms with Crippen molar-refractivity contribution in [1.29, 1.82) is 0 Å². The Balaban J connectivity index is 2.16. The van der Waals surface area contributed by atoms with Gasteiger partial charge in [0.05, 0.1) is 12.6 Å². The van der Waals surface area contributed by atoms with E-state index in [2.05, 4.69) is 32.3 Å². The van der Waals surface area contributed by atoms with Crippen LogP contribution in [0.5, 0.6) is 0 Å². The molecule has 3 nitrogen and oxygen atoms in total. The lowest BCUT2D eigenvalue weighted by atomic mass is 9.95. The monoisotopic (exact) mass is 318 g/mol. The number of hydrogen-bond donors (Lipinski definition) is 1. The number of nitrogens with zero attached hydrogens (tertiary/aromatic N) is 1. The van der Waals surface area contributed by atoms with Gasteiger partial charge in [-0.15, -0.1) is 11.3 Å². The van der Waals surface area contributed by atoms with Crippen LogP contribution in [0.15, 0.2) is 15.9 Å². The van der Waals surface area contributed by atoms with Crippen LogP contribution in [-0.4, -0.2) is 37.7 Å². The van der Waals surface area contributed by atoms with E-state index in [0.29, 0.717) is 6.04 Å². The molecule has 0 aromatic carbocycles. The van der Waals surface area contributed by atoms with Gasteiger partial charge in [0.2, 0.25) is 0 Å². The first kappa shape index (κ1) is 13.5. The molecule has 1 saturated heterocycles. The molecule has 0 radical (unpaired) electrons. The van der Waals surface area contributed by atoms with Crippen LogP contribution in [-0.2, 0) is 4.74 Å².